The second kappa shape index (κ2) is 22.8. The molecule has 0 atom stereocenters. The van der Waals surface area contributed by atoms with Gasteiger partial charge in [-0.15, -0.1) is 0 Å². The summed E-state index contributed by atoms with van der Waals surface area (Å²) in [5.41, 5.74) is 16.3. The van der Waals surface area contributed by atoms with Crippen molar-refractivity contribution in [3.8, 4) is 23.7 Å². The molecule has 5 aromatic heterocycles. The van der Waals surface area contributed by atoms with Crippen LogP contribution in [0.15, 0.2) is 115 Å². The van der Waals surface area contributed by atoms with Crippen molar-refractivity contribution >= 4 is 62.2 Å². The van der Waals surface area contributed by atoms with Gasteiger partial charge in [0.05, 0.1) is 75.7 Å². The molecule has 2 aliphatic rings. The Morgan fingerprint density at radius 3 is 1.76 bits per heavy atom. The van der Waals surface area contributed by atoms with Crippen LogP contribution in [0, 0.1) is 35.4 Å². The number of hydrogen-bond acceptors (Lipinski definition) is 16. The van der Waals surface area contributed by atoms with E-state index in [1.54, 1.807) is 6.92 Å². The molecule has 2 amide bonds. The molecule has 0 saturated carbocycles. The first kappa shape index (κ1) is 50.5. The number of carbonyl (C=O) groups is 4. The summed E-state index contributed by atoms with van der Waals surface area (Å²) in [5, 5.41) is 27.4. The number of ether oxygens (including phenoxy) is 1. The van der Waals surface area contributed by atoms with Gasteiger partial charge in [0.2, 0.25) is 0 Å². The summed E-state index contributed by atoms with van der Waals surface area (Å²) in [5.74, 6) is 3.38. The van der Waals surface area contributed by atoms with Gasteiger partial charge in [0.25, 0.3) is 11.6 Å². The average Bonchev–Trinajstić information content (AvgIpc) is 4.20. The maximum absolute atomic E-state index is 14.6. The lowest BCUT2D eigenvalue weighted by atomic mass is 9.97. The van der Waals surface area contributed by atoms with Gasteiger partial charge in [0.1, 0.15) is 17.9 Å². The summed E-state index contributed by atoms with van der Waals surface area (Å²) in [6.45, 7) is 6.69. The van der Waals surface area contributed by atoms with Crippen LogP contribution in [0.4, 0.5) is 10.2 Å². The Kier molecular flexibility index (Phi) is 16.0. The number of pyridine rings is 2. The predicted octanol–water partition coefficient (Wildman–Crippen LogP) is 5.09. The average molecular weight is 973 g/mol. The second-order valence-corrected chi connectivity index (χ2v) is 15.6. The molecule has 2 aromatic carbocycles. The number of hydrazine groups is 3. The lowest BCUT2D eigenvalue weighted by molar-refractivity contribution is -0.130. The minimum atomic E-state index is -0.899. The van der Waals surface area contributed by atoms with Crippen molar-refractivity contribution in [2.24, 2.45) is 11.6 Å². The van der Waals surface area contributed by atoms with Gasteiger partial charge in [-0.25, -0.2) is 40.7 Å². The fourth-order valence-electron chi connectivity index (χ4n) is 8.06. The van der Waals surface area contributed by atoms with Crippen LogP contribution in [-0.2, 0) is 9.59 Å². The Balaban J connectivity index is 0.000000205. The molecule has 72 heavy (non-hydrogen) atoms. The monoisotopic (exact) mass is 972 g/mol. The molecule has 7 heterocycles. The lowest BCUT2D eigenvalue weighted by Gasteiger charge is -2.29. The van der Waals surface area contributed by atoms with Crippen molar-refractivity contribution in [3.63, 3.8) is 0 Å². The Morgan fingerprint density at radius 1 is 0.778 bits per heavy atom. The lowest BCUT2D eigenvalue weighted by Crippen LogP contribution is -2.50. The number of Topliss-reactive ketones (excluding diaryl/α,β-unsaturated/α-hetero) is 2. The maximum Gasteiger partial charge on any atom is 0.309 e. The maximum atomic E-state index is 14.6. The minimum Gasteiger partial charge on any atom is -0.494 e. The number of aryl methyl sites for hydroxylation is 1. The van der Waals surface area contributed by atoms with E-state index in [0.29, 0.717) is 52.3 Å². The number of H-pyrrole nitrogens is 2. The van der Waals surface area contributed by atoms with Crippen LogP contribution >= 0.6 is 0 Å². The molecule has 7 aromatic rings. The van der Waals surface area contributed by atoms with Crippen LogP contribution < -0.4 is 32.2 Å². The van der Waals surface area contributed by atoms with E-state index in [9.17, 15) is 34.1 Å². The molecule has 8 N–H and O–H groups in total. The van der Waals surface area contributed by atoms with Crippen LogP contribution in [0.25, 0.3) is 38.8 Å². The van der Waals surface area contributed by atoms with Crippen molar-refractivity contribution in [2.75, 3.05) is 38.3 Å². The standard InChI is InChI=1S/C25H22N8O3.C23H21FN8O2.C2H6/c1-15-29-14-33(31-15)24-22-21(20(36-2)13-28-24)19(12-27-22)23(34)25(35)32-9-8-17(11-30-32)18(10-26)16-6-4-3-5-7-16;24-18-13-29-22(31(27)9-7-25)20-19(18)17(12-28-20)21(33)23(34)32-8-6-15(11-30-32)16(10-26)14-4-2-1-3-5-14;1-2/h3-7,12-14,27,30H,8-9,11H2,1-2H3;1-5,7,9,12-13,28,30H,6,8,11,25,27H2;1-2H3/b18-17-;9-7-,16-15-;. The van der Waals surface area contributed by atoms with Gasteiger partial charge < -0.3 is 20.4 Å². The largest absolute Gasteiger partial charge is 0.494 e. The van der Waals surface area contributed by atoms with E-state index in [4.69, 9.17) is 16.3 Å². The molecule has 0 bridgehead atoms. The quantitative estimate of drug-likeness (QED) is 0.0342. The van der Waals surface area contributed by atoms with Crippen molar-refractivity contribution in [1.82, 2.24) is 55.6 Å². The van der Waals surface area contributed by atoms with E-state index in [1.807, 2.05) is 74.5 Å². The fraction of sp³-hybridized carbons (Fsp3) is 0.200. The van der Waals surface area contributed by atoms with Crippen molar-refractivity contribution in [1.29, 1.82) is 10.5 Å². The number of rotatable bonds is 10. The van der Waals surface area contributed by atoms with Gasteiger partial charge in [-0.3, -0.25) is 34.2 Å². The number of hydrogen-bond donors (Lipinski definition) is 6. The Hall–Kier alpha value is -9.35. The zero-order valence-corrected chi connectivity index (χ0v) is 39.6. The number of nitrogens with two attached hydrogens (primary N) is 2. The van der Waals surface area contributed by atoms with Gasteiger partial charge >= 0.3 is 11.8 Å². The number of ketones is 2. The molecule has 366 valence electrons. The minimum absolute atomic E-state index is 0.0994. The Bertz CT molecular complexity index is 3330. The van der Waals surface area contributed by atoms with Crippen LogP contribution in [0.5, 0.6) is 5.75 Å². The van der Waals surface area contributed by atoms with Crippen molar-refractivity contribution in [3.05, 3.63) is 149 Å². The topological polar surface area (TPSA) is 299 Å². The van der Waals surface area contributed by atoms with E-state index in [-0.39, 0.29) is 54.0 Å². The number of nitriles is 2. The number of allylic oxidation sites excluding steroid dienone is 2. The van der Waals surface area contributed by atoms with E-state index < -0.39 is 29.2 Å². The Morgan fingerprint density at radius 2 is 1.31 bits per heavy atom. The summed E-state index contributed by atoms with van der Waals surface area (Å²) in [6.07, 6.45) is 10.0. The first-order chi connectivity index (χ1) is 35.0. The number of amides is 2. The number of nitrogens with one attached hydrogen (secondary N) is 4. The van der Waals surface area contributed by atoms with Crippen LogP contribution in [0.1, 0.15) is 64.4 Å². The smallest absolute Gasteiger partial charge is 0.309 e. The highest BCUT2D eigenvalue weighted by molar-refractivity contribution is 6.45. The van der Waals surface area contributed by atoms with Crippen molar-refractivity contribution in [2.45, 2.75) is 33.6 Å². The number of aromatic nitrogens is 7. The zero-order valence-electron chi connectivity index (χ0n) is 39.6. The van der Waals surface area contributed by atoms with E-state index in [0.717, 1.165) is 33.5 Å². The molecule has 9 rings (SSSR count). The summed E-state index contributed by atoms with van der Waals surface area (Å²) < 4.78 is 21.5. The zero-order chi connectivity index (χ0) is 51.5. The van der Waals surface area contributed by atoms with Gasteiger partial charge in [-0.2, -0.15) is 15.6 Å². The van der Waals surface area contributed by atoms with Gasteiger partial charge in [-0.05, 0) is 42.0 Å². The van der Waals surface area contributed by atoms with Crippen LogP contribution in [0.2, 0.25) is 0 Å². The number of fused-ring (bicyclic) bond motifs is 2. The summed E-state index contributed by atoms with van der Waals surface area (Å²) in [7, 11) is 1.47. The third kappa shape index (κ3) is 10.3. The molecule has 21 nitrogen and oxygen atoms in total. The van der Waals surface area contributed by atoms with Crippen LogP contribution in [0.3, 0.4) is 0 Å². The number of anilines is 1. The molecule has 0 unspecified atom stereocenters. The first-order valence-electron chi connectivity index (χ1n) is 22.5. The number of benzene rings is 2. The molecule has 0 radical (unpaired) electrons. The molecular formula is C50H49FN16O5. The predicted molar refractivity (Wildman–Crippen MR) is 265 cm³/mol. The molecular weight excluding hydrogens is 924 g/mol. The third-order valence-corrected chi connectivity index (χ3v) is 11.5. The highest BCUT2D eigenvalue weighted by atomic mass is 19.1. The molecule has 22 heteroatoms. The highest BCUT2D eigenvalue weighted by Gasteiger charge is 2.32. The SMILES string of the molecule is CC.COc1cnc(-n2cnc(C)n2)c2[nH]cc(C(=O)C(=O)N3CC/C(=C(\C#N)c4ccccc4)CN3)c12.N#C/C(=C1\CCN(C(=O)C(=O)c2c[nH]c3c(N(N)/C=C\N)ncc(F)c23)NC1)c1ccccc1. The molecule has 2 saturated heterocycles. The summed E-state index contributed by atoms with van der Waals surface area (Å²) >= 11 is 0. The summed E-state index contributed by atoms with van der Waals surface area (Å²) in [6, 6.07) is 23.1. The summed E-state index contributed by atoms with van der Waals surface area (Å²) in [4.78, 5) is 70.6. The van der Waals surface area contributed by atoms with E-state index in [2.05, 4.69) is 53.0 Å². The molecule has 0 spiro atoms. The number of carbonyl (C=O) groups excluding carboxylic acids is 4. The van der Waals surface area contributed by atoms with Gasteiger partial charge in [-0.1, -0.05) is 74.5 Å². The van der Waals surface area contributed by atoms with Gasteiger partial charge in [0.15, 0.2) is 17.5 Å². The van der Waals surface area contributed by atoms with E-state index in [1.165, 1.54) is 59.1 Å². The fourth-order valence-corrected chi connectivity index (χ4v) is 8.06. The molecule has 2 aliphatic heterocycles. The molecule has 2 fully saturated rings. The molecule has 0 aliphatic carbocycles. The van der Waals surface area contributed by atoms with E-state index >= 15 is 0 Å². The number of halogens is 1. The van der Waals surface area contributed by atoms with Gasteiger partial charge in [0, 0.05) is 51.0 Å². The first-order valence-corrected chi connectivity index (χ1v) is 22.5. The second-order valence-electron chi connectivity index (χ2n) is 15.6. The van der Waals surface area contributed by atoms with Crippen molar-refractivity contribution < 1.29 is 28.3 Å². The number of methoxy groups -OCH3 is 1. The highest BCUT2D eigenvalue weighted by Crippen LogP contribution is 2.33. The number of nitrogens with zero attached hydrogens (tertiary/aromatic N) is 10. The normalized spacial score (nSPS) is 14.8. The van der Waals surface area contributed by atoms with Crippen LogP contribution in [-0.4, -0.2) is 101 Å². The Labute approximate surface area is 411 Å². The number of aromatic amines is 2. The third-order valence-electron chi connectivity index (χ3n) is 11.5.